The number of amides is 1. The third-order valence-corrected chi connectivity index (χ3v) is 5.81. The van der Waals surface area contributed by atoms with Crippen molar-refractivity contribution in [3.05, 3.63) is 87.7 Å². The van der Waals surface area contributed by atoms with Crippen molar-refractivity contribution in [2.45, 2.75) is 6.04 Å². The highest BCUT2D eigenvalue weighted by molar-refractivity contribution is 6.52. The van der Waals surface area contributed by atoms with Crippen LogP contribution in [-0.4, -0.2) is 36.0 Å². The van der Waals surface area contributed by atoms with Gasteiger partial charge in [0, 0.05) is 29.2 Å². The van der Waals surface area contributed by atoms with Crippen LogP contribution in [0.15, 0.2) is 66.5 Å². The molecule has 2 aromatic carbocycles. The molecule has 1 aliphatic rings. The predicted octanol–water partition coefficient (Wildman–Crippen LogP) is 5.03. The van der Waals surface area contributed by atoms with Gasteiger partial charge in [-0.2, -0.15) is 0 Å². The number of aliphatic hydroxyl groups is 1. The molecular weight excluding hydrogens is 467 g/mol. The van der Waals surface area contributed by atoms with Gasteiger partial charge in [-0.15, -0.1) is 0 Å². The average Bonchev–Trinajstić information content (AvgIpc) is 3.09. The lowest BCUT2D eigenvalue weighted by Gasteiger charge is -2.25. The zero-order valence-corrected chi connectivity index (χ0v) is 19.1. The van der Waals surface area contributed by atoms with Crippen LogP contribution in [0.4, 0.5) is 5.69 Å². The number of aromatic nitrogens is 1. The van der Waals surface area contributed by atoms with Gasteiger partial charge >= 0.3 is 0 Å². The summed E-state index contributed by atoms with van der Waals surface area (Å²) in [7, 11) is 2.85. The Balaban J connectivity index is 1.98. The standard InChI is InChI=1S/C24H18Cl2N2O5/c1-32-18-12-19(33-2)17(26)11-16(18)22(29)20-21(13-6-8-27-9-7-13)28(24(31)23(20)30)15-5-3-4-14(25)10-15/h3-12,21,29H,1-2H3/b22-20+. The second-order valence-electron chi connectivity index (χ2n) is 7.12. The fourth-order valence-corrected chi connectivity index (χ4v) is 4.20. The van der Waals surface area contributed by atoms with Gasteiger partial charge < -0.3 is 14.6 Å². The fraction of sp³-hybridized carbons (Fsp3) is 0.125. The maximum Gasteiger partial charge on any atom is 0.300 e. The summed E-state index contributed by atoms with van der Waals surface area (Å²) in [6.45, 7) is 0. The second-order valence-corrected chi connectivity index (χ2v) is 7.96. The zero-order chi connectivity index (χ0) is 23.7. The second kappa shape index (κ2) is 9.13. The Morgan fingerprint density at radius 3 is 2.33 bits per heavy atom. The van der Waals surface area contributed by atoms with Crippen LogP contribution < -0.4 is 14.4 Å². The van der Waals surface area contributed by atoms with Gasteiger partial charge in [0.25, 0.3) is 11.7 Å². The molecule has 0 aliphatic carbocycles. The molecule has 1 N–H and O–H groups in total. The van der Waals surface area contributed by atoms with Crippen LogP contribution in [0, 0.1) is 0 Å². The van der Waals surface area contributed by atoms with Gasteiger partial charge in [-0.05, 0) is 42.0 Å². The first-order valence-corrected chi connectivity index (χ1v) is 10.5. The topological polar surface area (TPSA) is 89.0 Å². The highest BCUT2D eigenvalue weighted by atomic mass is 35.5. The first kappa shape index (κ1) is 22.6. The summed E-state index contributed by atoms with van der Waals surface area (Å²) in [4.78, 5) is 31.7. The number of pyridine rings is 1. The van der Waals surface area contributed by atoms with Crippen LogP contribution in [0.5, 0.6) is 11.5 Å². The molecule has 0 spiro atoms. The Bertz CT molecular complexity index is 1280. The van der Waals surface area contributed by atoms with Gasteiger partial charge in [0.1, 0.15) is 17.3 Å². The molecule has 0 bridgehead atoms. The fourth-order valence-electron chi connectivity index (χ4n) is 3.78. The summed E-state index contributed by atoms with van der Waals surface area (Å²) in [5.41, 5.74) is 1.01. The van der Waals surface area contributed by atoms with E-state index in [1.165, 1.54) is 43.6 Å². The van der Waals surface area contributed by atoms with Crippen molar-refractivity contribution in [3.8, 4) is 11.5 Å². The number of Topliss-reactive ketones (excluding diaryl/α,β-unsaturated/α-hetero) is 1. The molecular formula is C24H18Cl2N2O5. The molecule has 168 valence electrons. The van der Waals surface area contributed by atoms with Crippen molar-refractivity contribution in [1.29, 1.82) is 0 Å². The van der Waals surface area contributed by atoms with Crippen LogP contribution in [0.25, 0.3) is 5.76 Å². The molecule has 4 rings (SSSR count). The molecule has 0 radical (unpaired) electrons. The first-order valence-electron chi connectivity index (χ1n) is 9.75. The van der Waals surface area contributed by atoms with Crippen molar-refractivity contribution >= 4 is 46.3 Å². The minimum Gasteiger partial charge on any atom is -0.507 e. The summed E-state index contributed by atoms with van der Waals surface area (Å²) in [5, 5.41) is 11.9. The highest BCUT2D eigenvalue weighted by Crippen LogP contribution is 2.44. The van der Waals surface area contributed by atoms with E-state index in [2.05, 4.69) is 4.98 Å². The molecule has 7 nitrogen and oxygen atoms in total. The van der Waals surface area contributed by atoms with Gasteiger partial charge in [0.15, 0.2) is 0 Å². The Kier molecular flexibility index (Phi) is 6.26. The summed E-state index contributed by atoms with van der Waals surface area (Å²) in [5.74, 6) is -1.55. The van der Waals surface area contributed by atoms with Crippen LogP contribution >= 0.6 is 23.2 Å². The first-order chi connectivity index (χ1) is 15.9. The Hall–Kier alpha value is -3.55. The van der Waals surface area contributed by atoms with E-state index in [1.807, 2.05) is 0 Å². The summed E-state index contributed by atoms with van der Waals surface area (Å²) in [6.07, 6.45) is 3.08. The number of hydrogen-bond donors (Lipinski definition) is 1. The normalized spacial score (nSPS) is 17.3. The van der Waals surface area contributed by atoms with Crippen molar-refractivity contribution in [2.24, 2.45) is 0 Å². The average molecular weight is 485 g/mol. The van der Waals surface area contributed by atoms with Crippen LogP contribution in [0.2, 0.25) is 10.0 Å². The number of nitrogens with zero attached hydrogens (tertiary/aromatic N) is 2. The summed E-state index contributed by atoms with van der Waals surface area (Å²) < 4.78 is 10.6. The number of methoxy groups -OCH3 is 2. The Labute approximate surface area is 199 Å². The van der Waals surface area contributed by atoms with E-state index < -0.39 is 23.5 Å². The van der Waals surface area contributed by atoms with Crippen molar-refractivity contribution in [3.63, 3.8) is 0 Å². The van der Waals surface area contributed by atoms with Crippen molar-refractivity contribution < 1.29 is 24.2 Å². The summed E-state index contributed by atoms with van der Waals surface area (Å²) >= 11 is 12.4. The van der Waals surface area contributed by atoms with E-state index in [0.29, 0.717) is 22.0 Å². The van der Waals surface area contributed by atoms with Gasteiger partial charge in [0.2, 0.25) is 0 Å². The monoisotopic (exact) mass is 484 g/mol. The largest absolute Gasteiger partial charge is 0.507 e. The van der Waals surface area contributed by atoms with E-state index in [9.17, 15) is 14.7 Å². The molecule has 33 heavy (non-hydrogen) atoms. The van der Waals surface area contributed by atoms with E-state index in [-0.39, 0.29) is 21.9 Å². The lowest BCUT2D eigenvalue weighted by atomic mass is 9.95. The van der Waals surface area contributed by atoms with Crippen molar-refractivity contribution in [2.75, 3.05) is 19.1 Å². The maximum absolute atomic E-state index is 13.2. The van der Waals surface area contributed by atoms with E-state index in [1.54, 1.807) is 36.4 Å². The van der Waals surface area contributed by atoms with Crippen LogP contribution in [0.3, 0.4) is 0 Å². The molecule has 3 aromatic rings. The number of anilines is 1. The number of ketones is 1. The van der Waals surface area contributed by atoms with Crippen LogP contribution in [-0.2, 0) is 9.59 Å². The number of rotatable bonds is 5. The van der Waals surface area contributed by atoms with Gasteiger partial charge in [0.05, 0.1) is 36.4 Å². The molecule has 1 aliphatic heterocycles. The number of aliphatic hydroxyl groups excluding tert-OH is 1. The molecule has 1 aromatic heterocycles. The number of benzene rings is 2. The Morgan fingerprint density at radius 1 is 1.00 bits per heavy atom. The van der Waals surface area contributed by atoms with Gasteiger partial charge in [-0.1, -0.05) is 29.3 Å². The minimum absolute atomic E-state index is 0.120. The molecule has 9 heteroatoms. The number of carbonyl (C=O) groups excluding carboxylic acids is 2. The number of halogens is 2. The smallest absolute Gasteiger partial charge is 0.300 e. The predicted molar refractivity (Wildman–Crippen MR) is 125 cm³/mol. The third-order valence-electron chi connectivity index (χ3n) is 5.28. The third kappa shape index (κ3) is 4.01. The SMILES string of the molecule is COc1cc(OC)c(/C(O)=C2\C(=O)C(=O)N(c3cccc(Cl)c3)C2c2ccncc2)cc1Cl. The molecule has 0 saturated carbocycles. The molecule has 1 atom stereocenters. The van der Waals surface area contributed by atoms with E-state index >= 15 is 0 Å². The van der Waals surface area contributed by atoms with E-state index in [4.69, 9.17) is 32.7 Å². The lowest BCUT2D eigenvalue weighted by molar-refractivity contribution is -0.132. The minimum atomic E-state index is -0.933. The maximum atomic E-state index is 13.2. The number of ether oxygens (including phenoxy) is 2. The molecule has 1 unspecified atom stereocenters. The highest BCUT2D eigenvalue weighted by Gasteiger charge is 2.47. The van der Waals surface area contributed by atoms with Crippen LogP contribution in [0.1, 0.15) is 17.2 Å². The summed E-state index contributed by atoms with van der Waals surface area (Å²) in [6, 6.07) is 11.9. The molecule has 1 fully saturated rings. The quantitative estimate of drug-likeness (QED) is 0.310. The molecule has 1 amide bonds. The van der Waals surface area contributed by atoms with E-state index in [0.717, 1.165) is 0 Å². The molecule has 1 saturated heterocycles. The number of carbonyl (C=O) groups is 2. The Morgan fingerprint density at radius 2 is 1.70 bits per heavy atom. The number of hydrogen-bond acceptors (Lipinski definition) is 6. The molecule has 2 heterocycles. The lowest BCUT2D eigenvalue weighted by Crippen LogP contribution is -2.29. The van der Waals surface area contributed by atoms with Gasteiger partial charge in [-0.3, -0.25) is 19.5 Å². The van der Waals surface area contributed by atoms with Gasteiger partial charge in [-0.25, -0.2) is 0 Å². The zero-order valence-electron chi connectivity index (χ0n) is 17.6. The van der Waals surface area contributed by atoms with Crippen molar-refractivity contribution in [1.82, 2.24) is 4.98 Å².